The minimum Gasteiger partial charge on any atom is -0.324 e. The van der Waals surface area contributed by atoms with Gasteiger partial charge in [0.25, 0.3) is 0 Å². The Morgan fingerprint density at radius 1 is 1.27 bits per heavy atom. The molecular formula is C12H15F2N. The highest BCUT2D eigenvalue weighted by atomic mass is 19.1. The topological polar surface area (TPSA) is 26.0 Å². The molecule has 0 aliphatic carbocycles. The van der Waals surface area contributed by atoms with E-state index < -0.39 is 11.6 Å². The van der Waals surface area contributed by atoms with Crippen molar-refractivity contribution in [3.8, 4) is 0 Å². The van der Waals surface area contributed by atoms with Crippen molar-refractivity contribution in [2.75, 3.05) is 0 Å². The van der Waals surface area contributed by atoms with E-state index in [4.69, 9.17) is 5.73 Å². The normalized spacial score (nSPS) is 12.5. The second-order valence-corrected chi connectivity index (χ2v) is 3.53. The van der Waals surface area contributed by atoms with Crippen molar-refractivity contribution >= 4 is 0 Å². The first-order valence-corrected chi connectivity index (χ1v) is 4.96. The molecule has 15 heavy (non-hydrogen) atoms. The van der Waals surface area contributed by atoms with Crippen molar-refractivity contribution in [2.24, 2.45) is 5.73 Å². The Balaban J connectivity index is 2.64. The van der Waals surface area contributed by atoms with Gasteiger partial charge in [0.05, 0.1) is 0 Å². The predicted octanol–water partition coefficient (Wildman–Crippen LogP) is 3.32. The second kappa shape index (κ2) is 5.61. The van der Waals surface area contributed by atoms with Crippen molar-refractivity contribution in [1.82, 2.24) is 0 Å². The first-order valence-electron chi connectivity index (χ1n) is 4.96. The minimum absolute atomic E-state index is 0.310. The maximum Gasteiger partial charge on any atom is 0.126 e. The molecular weight excluding hydrogens is 196 g/mol. The number of halogens is 2. The summed E-state index contributed by atoms with van der Waals surface area (Å²) < 4.78 is 25.7. The van der Waals surface area contributed by atoms with Gasteiger partial charge >= 0.3 is 0 Å². The molecule has 1 rings (SSSR count). The van der Waals surface area contributed by atoms with E-state index in [2.05, 4.69) is 6.58 Å². The zero-order valence-electron chi connectivity index (χ0n) is 8.55. The third-order valence-electron chi connectivity index (χ3n) is 2.24. The Kier molecular flexibility index (Phi) is 4.43. The molecule has 3 heteroatoms. The van der Waals surface area contributed by atoms with Crippen molar-refractivity contribution in [3.63, 3.8) is 0 Å². The number of hydrogen-bond donors (Lipinski definition) is 1. The van der Waals surface area contributed by atoms with Gasteiger partial charge in [0.2, 0.25) is 0 Å². The minimum atomic E-state index is -0.579. The number of nitrogens with two attached hydrogens (primary N) is 1. The molecule has 0 fully saturated rings. The summed E-state index contributed by atoms with van der Waals surface area (Å²) in [5.74, 6) is -1.16. The lowest BCUT2D eigenvalue weighted by Crippen LogP contribution is -2.10. The Morgan fingerprint density at radius 3 is 2.40 bits per heavy atom. The van der Waals surface area contributed by atoms with E-state index >= 15 is 0 Å². The number of hydrogen-bond acceptors (Lipinski definition) is 1. The Morgan fingerprint density at radius 2 is 1.87 bits per heavy atom. The standard InChI is InChI=1S/C12H15F2N/c1-2-3-4-5-12(15)9-6-10(13)8-11(14)7-9/h2,6-8,12H,1,3-5,15H2. The van der Waals surface area contributed by atoms with E-state index in [-0.39, 0.29) is 6.04 Å². The van der Waals surface area contributed by atoms with Gasteiger partial charge < -0.3 is 5.73 Å². The average molecular weight is 211 g/mol. The van der Waals surface area contributed by atoms with E-state index in [9.17, 15) is 8.78 Å². The van der Waals surface area contributed by atoms with E-state index in [1.807, 2.05) is 0 Å². The van der Waals surface area contributed by atoms with Gasteiger partial charge in [-0.2, -0.15) is 0 Å². The van der Waals surface area contributed by atoms with Crippen LogP contribution in [0, 0.1) is 11.6 Å². The van der Waals surface area contributed by atoms with Crippen LogP contribution in [0.15, 0.2) is 30.9 Å². The Hall–Kier alpha value is -1.22. The molecule has 0 aliphatic heterocycles. The smallest absolute Gasteiger partial charge is 0.126 e. The molecule has 2 N–H and O–H groups in total. The molecule has 1 atom stereocenters. The second-order valence-electron chi connectivity index (χ2n) is 3.53. The molecule has 1 nitrogen and oxygen atoms in total. The van der Waals surface area contributed by atoms with Crippen molar-refractivity contribution in [3.05, 3.63) is 48.1 Å². The van der Waals surface area contributed by atoms with Gasteiger partial charge in [0.1, 0.15) is 11.6 Å². The van der Waals surface area contributed by atoms with Gasteiger partial charge in [0, 0.05) is 12.1 Å². The molecule has 1 aromatic rings. The highest BCUT2D eigenvalue weighted by Gasteiger charge is 2.08. The van der Waals surface area contributed by atoms with Gasteiger partial charge in [-0.3, -0.25) is 0 Å². The molecule has 1 unspecified atom stereocenters. The molecule has 0 heterocycles. The molecule has 1 aromatic carbocycles. The van der Waals surface area contributed by atoms with E-state index in [0.29, 0.717) is 12.0 Å². The van der Waals surface area contributed by atoms with Crippen molar-refractivity contribution < 1.29 is 8.78 Å². The molecule has 0 bridgehead atoms. The number of allylic oxidation sites excluding steroid dienone is 1. The molecule has 0 spiro atoms. The van der Waals surface area contributed by atoms with Crippen LogP contribution in [0.1, 0.15) is 30.9 Å². The molecule has 82 valence electrons. The van der Waals surface area contributed by atoms with Crippen LogP contribution in [0.25, 0.3) is 0 Å². The fourth-order valence-corrected chi connectivity index (χ4v) is 1.44. The maximum absolute atomic E-state index is 12.9. The molecule has 0 saturated heterocycles. The fourth-order valence-electron chi connectivity index (χ4n) is 1.44. The highest BCUT2D eigenvalue weighted by Crippen LogP contribution is 2.19. The number of benzene rings is 1. The molecule has 0 aromatic heterocycles. The van der Waals surface area contributed by atoms with Gasteiger partial charge in [0.15, 0.2) is 0 Å². The van der Waals surface area contributed by atoms with Crippen LogP contribution in [0.5, 0.6) is 0 Å². The number of rotatable bonds is 5. The van der Waals surface area contributed by atoms with Crippen molar-refractivity contribution in [2.45, 2.75) is 25.3 Å². The first-order chi connectivity index (χ1) is 7.13. The summed E-state index contributed by atoms with van der Waals surface area (Å²) in [7, 11) is 0. The zero-order chi connectivity index (χ0) is 11.3. The summed E-state index contributed by atoms with van der Waals surface area (Å²) in [6.07, 6.45) is 4.25. The maximum atomic E-state index is 12.9. The third kappa shape index (κ3) is 3.80. The van der Waals surface area contributed by atoms with E-state index in [0.717, 1.165) is 18.9 Å². The van der Waals surface area contributed by atoms with Gasteiger partial charge in [-0.15, -0.1) is 6.58 Å². The summed E-state index contributed by atoms with van der Waals surface area (Å²) >= 11 is 0. The molecule has 0 saturated carbocycles. The average Bonchev–Trinajstić information content (AvgIpc) is 2.16. The summed E-state index contributed by atoms with van der Waals surface area (Å²) in [6, 6.07) is 3.10. The van der Waals surface area contributed by atoms with Gasteiger partial charge in [-0.1, -0.05) is 6.08 Å². The Bertz CT molecular complexity index is 316. The Labute approximate surface area is 88.6 Å². The SMILES string of the molecule is C=CCCCC(N)c1cc(F)cc(F)c1. The lowest BCUT2D eigenvalue weighted by molar-refractivity contribution is 0.562. The van der Waals surface area contributed by atoms with Crippen LogP contribution in [-0.2, 0) is 0 Å². The molecule has 0 aliphatic rings. The summed E-state index contributed by atoms with van der Waals surface area (Å²) in [5, 5.41) is 0. The van der Waals surface area contributed by atoms with Crippen LogP contribution in [0.3, 0.4) is 0 Å². The van der Waals surface area contributed by atoms with Crippen LogP contribution < -0.4 is 5.73 Å². The van der Waals surface area contributed by atoms with Crippen LogP contribution >= 0.6 is 0 Å². The summed E-state index contributed by atoms with van der Waals surface area (Å²) in [5.41, 5.74) is 6.32. The lowest BCUT2D eigenvalue weighted by Gasteiger charge is -2.11. The molecule has 0 amide bonds. The van der Waals surface area contributed by atoms with Crippen LogP contribution in [0.2, 0.25) is 0 Å². The van der Waals surface area contributed by atoms with Crippen LogP contribution in [0.4, 0.5) is 8.78 Å². The van der Waals surface area contributed by atoms with E-state index in [1.165, 1.54) is 12.1 Å². The lowest BCUT2D eigenvalue weighted by atomic mass is 10.0. The van der Waals surface area contributed by atoms with Gasteiger partial charge in [-0.25, -0.2) is 8.78 Å². The largest absolute Gasteiger partial charge is 0.324 e. The van der Waals surface area contributed by atoms with Gasteiger partial charge in [-0.05, 0) is 37.0 Å². The first kappa shape index (κ1) is 11.9. The fraction of sp³-hybridized carbons (Fsp3) is 0.333. The quantitative estimate of drug-likeness (QED) is 0.586. The number of unbranched alkanes of at least 4 members (excludes halogenated alkanes) is 1. The van der Waals surface area contributed by atoms with Crippen LogP contribution in [-0.4, -0.2) is 0 Å². The zero-order valence-corrected chi connectivity index (χ0v) is 8.55. The summed E-state index contributed by atoms with van der Waals surface area (Å²) in [4.78, 5) is 0. The third-order valence-corrected chi connectivity index (χ3v) is 2.24. The van der Waals surface area contributed by atoms with Crippen molar-refractivity contribution in [1.29, 1.82) is 0 Å². The predicted molar refractivity (Wildman–Crippen MR) is 57.3 cm³/mol. The molecule has 0 radical (unpaired) electrons. The van der Waals surface area contributed by atoms with E-state index in [1.54, 1.807) is 6.08 Å². The highest BCUT2D eigenvalue weighted by molar-refractivity contribution is 5.20. The monoisotopic (exact) mass is 211 g/mol. The summed E-state index contributed by atoms with van der Waals surface area (Å²) in [6.45, 7) is 3.60.